The Morgan fingerprint density at radius 1 is 1.31 bits per heavy atom. The van der Waals surface area contributed by atoms with Crippen LogP contribution < -0.4 is 10.6 Å². The highest BCUT2D eigenvalue weighted by molar-refractivity contribution is 14.0. The van der Waals surface area contributed by atoms with Crippen molar-refractivity contribution in [3.05, 3.63) is 18.7 Å². The zero-order valence-electron chi connectivity index (χ0n) is 14.7. The first-order valence-corrected chi connectivity index (χ1v) is 8.83. The topological polar surface area (TPSA) is 97.2 Å². The summed E-state index contributed by atoms with van der Waals surface area (Å²) in [7, 11) is 0. The summed E-state index contributed by atoms with van der Waals surface area (Å²) in [6, 6.07) is 0. The monoisotopic (exact) mass is 472 g/mol. The van der Waals surface area contributed by atoms with Crippen LogP contribution in [0.25, 0.3) is 5.65 Å². The van der Waals surface area contributed by atoms with Gasteiger partial charge in [0.2, 0.25) is 5.65 Å². The molecule has 26 heavy (non-hydrogen) atoms. The number of aromatic nitrogens is 4. The van der Waals surface area contributed by atoms with E-state index in [4.69, 9.17) is 10.5 Å². The normalized spacial score (nSPS) is 21.7. The molecule has 4 heterocycles. The number of hydrogen-bond donors (Lipinski definition) is 1. The fourth-order valence-corrected chi connectivity index (χ4v) is 3.49. The van der Waals surface area contributed by atoms with Crippen LogP contribution in [0.3, 0.4) is 0 Å². The van der Waals surface area contributed by atoms with Crippen molar-refractivity contribution in [1.29, 1.82) is 0 Å². The summed E-state index contributed by atoms with van der Waals surface area (Å²) < 4.78 is 7.26. The number of halogens is 1. The molecule has 2 aromatic rings. The smallest absolute Gasteiger partial charge is 0.203 e. The van der Waals surface area contributed by atoms with Gasteiger partial charge in [-0.05, 0) is 18.8 Å². The van der Waals surface area contributed by atoms with E-state index in [1.165, 1.54) is 0 Å². The second kappa shape index (κ2) is 8.80. The molecule has 0 bridgehead atoms. The van der Waals surface area contributed by atoms with Gasteiger partial charge in [0.05, 0.1) is 13.2 Å². The quantitative estimate of drug-likeness (QED) is 0.397. The molecule has 10 heteroatoms. The Labute approximate surface area is 169 Å². The summed E-state index contributed by atoms with van der Waals surface area (Å²) in [6.07, 6.45) is 7.65. The van der Waals surface area contributed by atoms with Crippen molar-refractivity contribution in [2.45, 2.75) is 12.8 Å². The van der Waals surface area contributed by atoms with E-state index in [0.29, 0.717) is 11.9 Å². The molecule has 1 atom stereocenters. The molecule has 0 aromatic carbocycles. The minimum Gasteiger partial charge on any atom is -0.378 e. The molecule has 0 radical (unpaired) electrons. The van der Waals surface area contributed by atoms with Crippen LogP contribution >= 0.6 is 24.0 Å². The van der Waals surface area contributed by atoms with Gasteiger partial charge < -0.3 is 20.3 Å². The molecule has 0 spiro atoms. The Morgan fingerprint density at radius 3 is 3.00 bits per heavy atom. The van der Waals surface area contributed by atoms with Crippen LogP contribution in [-0.2, 0) is 4.74 Å². The maximum atomic E-state index is 6.14. The number of ether oxygens (including phenoxy) is 1. The second-order valence-corrected chi connectivity index (χ2v) is 6.57. The van der Waals surface area contributed by atoms with Crippen molar-refractivity contribution in [3.63, 3.8) is 0 Å². The number of nitrogens with two attached hydrogens (primary N) is 1. The van der Waals surface area contributed by atoms with E-state index in [9.17, 15) is 0 Å². The van der Waals surface area contributed by atoms with Gasteiger partial charge in [-0.2, -0.15) is 0 Å². The lowest BCUT2D eigenvalue weighted by molar-refractivity contribution is 0.0674. The zero-order valence-corrected chi connectivity index (χ0v) is 17.0. The number of rotatable bonds is 3. The molecule has 4 rings (SSSR count). The van der Waals surface area contributed by atoms with Crippen molar-refractivity contribution in [2.75, 3.05) is 50.8 Å². The molecule has 0 aliphatic carbocycles. The Kier molecular flexibility index (Phi) is 6.46. The third-order valence-electron chi connectivity index (χ3n) is 4.86. The van der Waals surface area contributed by atoms with Gasteiger partial charge in [0, 0.05) is 45.1 Å². The molecule has 9 nitrogen and oxygen atoms in total. The van der Waals surface area contributed by atoms with Gasteiger partial charge >= 0.3 is 0 Å². The van der Waals surface area contributed by atoms with Gasteiger partial charge in [0.1, 0.15) is 6.33 Å². The number of anilines is 1. The molecular weight excluding hydrogens is 447 g/mol. The molecule has 2 saturated heterocycles. The molecule has 142 valence electrons. The Balaban J connectivity index is 0.00000196. The third kappa shape index (κ3) is 4.17. The van der Waals surface area contributed by atoms with Crippen LogP contribution in [0.2, 0.25) is 0 Å². The van der Waals surface area contributed by atoms with Crippen LogP contribution in [0.1, 0.15) is 12.8 Å². The number of hydrogen-bond acceptors (Lipinski definition) is 6. The molecule has 2 aromatic heterocycles. The van der Waals surface area contributed by atoms with Gasteiger partial charge in [-0.1, -0.05) is 0 Å². The minimum absolute atomic E-state index is 0. The lowest BCUT2D eigenvalue weighted by atomic mass is 9.98. The van der Waals surface area contributed by atoms with Gasteiger partial charge in [0.25, 0.3) is 0 Å². The maximum absolute atomic E-state index is 6.14. The highest BCUT2D eigenvalue weighted by Crippen LogP contribution is 2.24. The fourth-order valence-electron chi connectivity index (χ4n) is 3.49. The van der Waals surface area contributed by atoms with Gasteiger partial charge in [-0.15, -0.1) is 34.2 Å². The molecule has 2 aliphatic heterocycles. The summed E-state index contributed by atoms with van der Waals surface area (Å²) in [5, 5.41) is 8.18. The fraction of sp³-hybridized carbons (Fsp3) is 0.625. The highest BCUT2D eigenvalue weighted by atomic mass is 127. The molecular formula is C16H25IN8O. The van der Waals surface area contributed by atoms with E-state index in [1.807, 2.05) is 10.6 Å². The van der Waals surface area contributed by atoms with E-state index < -0.39 is 0 Å². The SMILES string of the molecule is I.NC(=NCC1CCCN(c2nccn3cnnc23)C1)N1CCOCC1. The summed E-state index contributed by atoms with van der Waals surface area (Å²) in [6.45, 7) is 5.74. The standard InChI is InChI=1S/C16H24N8O.HI/c17-16(22-6-8-25-9-7-22)19-10-13-2-1-4-23(11-13)14-15-21-20-12-24(15)5-3-18-14;/h3,5,12-13H,1-2,4,6-11H2,(H2,17,19);1H. The zero-order chi connectivity index (χ0) is 17.1. The molecule has 2 fully saturated rings. The molecule has 2 aliphatic rings. The molecule has 0 saturated carbocycles. The van der Waals surface area contributed by atoms with Gasteiger partial charge in [0.15, 0.2) is 11.8 Å². The number of fused-ring (bicyclic) bond motifs is 1. The largest absolute Gasteiger partial charge is 0.378 e. The van der Waals surface area contributed by atoms with Crippen LogP contribution in [-0.4, -0.2) is 76.4 Å². The molecule has 1 unspecified atom stereocenters. The number of morpholine rings is 1. The van der Waals surface area contributed by atoms with Crippen LogP contribution in [0.4, 0.5) is 5.82 Å². The van der Waals surface area contributed by atoms with Crippen LogP contribution in [0, 0.1) is 5.92 Å². The summed E-state index contributed by atoms with van der Waals surface area (Å²) in [4.78, 5) is 13.6. The number of nitrogens with zero attached hydrogens (tertiary/aromatic N) is 7. The van der Waals surface area contributed by atoms with Crippen molar-refractivity contribution in [2.24, 2.45) is 16.6 Å². The average molecular weight is 472 g/mol. The maximum Gasteiger partial charge on any atom is 0.203 e. The number of guanidine groups is 1. The Morgan fingerprint density at radius 2 is 2.15 bits per heavy atom. The van der Waals surface area contributed by atoms with E-state index in [2.05, 4.69) is 30.0 Å². The Hall–Kier alpha value is -1.69. The van der Waals surface area contributed by atoms with Crippen molar-refractivity contribution in [1.82, 2.24) is 24.5 Å². The van der Waals surface area contributed by atoms with Crippen LogP contribution in [0.15, 0.2) is 23.7 Å². The lowest BCUT2D eigenvalue weighted by Crippen LogP contribution is -2.45. The van der Waals surface area contributed by atoms with Gasteiger partial charge in [-0.3, -0.25) is 9.39 Å². The first kappa shape index (κ1) is 19.1. The van der Waals surface area contributed by atoms with E-state index in [-0.39, 0.29) is 24.0 Å². The predicted molar refractivity (Wildman–Crippen MR) is 110 cm³/mol. The summed E-state index contributed by atoms with van der Waals surface area (Å²) >= 11 is 0. The third-order valence-corrected chi connectivity index (χ3v) is 4.86. The first-order valence-electron chi connectivity index (χ1n) is 8.83. The van der Waals surface area contributed by atoms with E-state index in [1.54, 1.807) is 12.5 Å². The molecule has 0 amide bonds. The molecule has 2 N–H and O–H groups in total. The summed E-state index contributed by atoms with van der Waals surface area (Å²) in [5.74, 6) is 2.01. The van der Waals surface area contributed by atoms with Crippen molar-refractivity contribution >= 4 is 41.4 Å². The average Bonchev–Trinajstić information content (AvgIpc) is 3.16. The predicted octanol–water partition coefficient (Wildman–Crippen LogP) is 0.606. The van der Waals surface area contributed by atoms with E-state index >= 15 is 0 Å². The first-order chi connectivity index (χ1) is 12.3. The number of piperidine rings is 1. The summed E-state index contributed by atoms with van der Waals surface area (Å²) in [5.41, 5.74) is 6.95. The number of aliphatic imine (C=N–C) groups is 1. The van der Waals surface area contributed by atoms with Crippen molar-refractivity contribution < 1.29 is 4.74 Å². The highest BCUT2D eigenvalue weighted by Gasteiger charge is 2.23. The second-order valence-electron chi connectivity index (χ2n) is 6.57. The Bertz CT molecular complexity index is 745. The lowest BCUT2D eigenvalue weighted by Gasteiger charge is -2.33. The van der Waals surface area contributed by atoms with Crippen molar-refractivity contribution in [3.8, 4) is 0 Å². The van der Waals surface area contributed by atoms with Gasteiger partial charge in [-0.25, -0.2) is 4.98 Å². The van der Waals surface area contributed by atoms with Crippen LogP contribution in [0.5, 0.6) is 0 Å². The van der Waals surface area contributed by atoms with E-state index in [0.717, 1.165) is 70.2 Å². The minimum atomic E-state index is 0.